The monoisotopic (exact) mass is 330 g/mol. The molecular formula is C14H18O9. The molecule has 5 N–H and O–H groups in total. The quantitative estimate of drug-likeness (QED) is 0.484. The zero-order valence-corrected chi connectivity index (χ0v) is 12.4. The highest BCUT2D eigenvalue weighted by atomic mass is 16.7. The van der Waals surface area contributed by atoms with Gasteiger partial charge in [0.1, 0.15) is 29.6 Å². The Morgan fingerprint density at radius 2 is 1.74 bits per heavy atom. The van der Waals surface area contributed by atoms with Crippen molar-refractivity contribution in [2.24, 2.45) is 0 Å². The lowest BCUT2D eigenvalue weighted by Crippen LogP contribution is -2.58. The standard InChI is InChI=1S/C14H18O9/c1-5-9(15)11(17)12(18)14(22-5)23-6-3-4-7(21-2)10(16)8(6)13(19)20/h3-5,9,11-12,14-18H,1-2H3,(H,19,20)/t5-,9-,11+,12+,14-/m0/s1. The van der Waals surface area contributed by atoms with E-state index < -0.39 is 48.0 Å². The Kier molecular flexibility index (Phi) is 4.95. The van der Waals surface area contributed by atoms with Crippen LogP contribution in [0.5, 0.6) is 17.2 Å². The molecule has 1 aromatic rings. The smallest absolute Gasteiger partial charge is 0.343 e. The number of carboxylic acids is 1. The lowest BCUT2D eigenvalue weighted by Gasteiger charge is -2.39. The van der Waals surface area contributed by atoms with Gasteiger partial charge in [0, 0.05) is 0 Å². The number of ether oxygens (including phenoxy) is 3. The van der Waals surface area contributed by atoms with Crippen molar-refractivity contribution in [1.29, 1.82) is 0 Å². The van der Waals surface area contributed by atoms with E-state index in [1.807, 2.05) is 0 Å². The Bertz CT molecular complexity index is 588. The van der Waals surface area contributed by atoms with Crippen LogP contribution in [-0.2, 0) is 4.74 Å². The summed E-state index contributed by atoms with van der Waals surface area (Å²) in [7, 11) is 1.26. The molecule has 0 aromatic heterocycles. The van der Waals surface area contributed by atoms with E-state index in [-0.39, 0.29) is 11.5 Å². The number of phenols is 1. The van der Waals surface area contributed by atoms with Crippen molar-refractivity contribution in [1.82, 2.24) is 0 Å². The third kappa shape index (κ3) is 3.17. The maximum Gasteiger partial charge on any atom is 0.343 e. The van der Waals surface area contributed by atoms with Gasteiger partial charge in [-0.2, -0.15) is 0 Å². The van der Waals surface area contributed by atoms with E-state index >= 15 is 0 Å². The number of carboxylic acid groups (broad SMARTS) is 1. The normalized spacial score (nSPS) is 30.7. The van der Waals surface area contributed by atoms with E-state index in [0.717, 1.165) is 0 Å². The molecule has 0 amide bonds. The summed E-state index contributed by atoms with van der Waals surface area (Å²) in [5, 5.41) is 48.4. The molecule has 9 heteroatoms. The highest BCUT2D eigenvalue weighted by Crippen LogP contribution is 2.37. The summed E-state index contributed by atoms with van der Waals surface area (Å²) in [4.78, 5) is 11.3. The molecule has 1 aliphatic heterocycles. The first-order chi connectivity index (χ1) is 10.8. The predicted molar refractivity (Wildman–Crippen MR) is 74.6 cm³/mol. The van der Waals surface area contributed by atoms with Gasteiger partial charge in [-0.25, -0.2) is 4.79 Å². The number of hydrogen-bond donors (Lipinski definition) is 5. The van der Waals surface area contributed by atoms with Crippen molar-refractivity contribution in [2.75, 3.05) is 7.11 Å². The van der Waals surface area contributed by atoms with E-state index in [1.165, 1.54) is 26.2 Å². The number of rotatable bonds is 4. The third-order valence-corrected chi connectivity index (χ3v) is 3.59. The van der Waals surface area contributed by atoms with Crippen molar-refractivity contribution in [3.05, 3.63) is 17.7 Å². The van der Waals surface area contributed by atoms with Crippen molar-refractivity contribution in [2.45, 2.75) is 37.6 Å². The summed E-state index contributed by atoms with van der Waals surface area (Å²) in [6.45, 7) is 1.46. The van der Waals surface area contributed by atoms with Gasteiger partial charge in [0.15, 0.2) is 11.5 Å². The van der Waals surface area contributed by atoms with Crippen molar-refractivity contribution in [3.63, 3.8) is 0 Å². The molecule has 0 bridgehead atoms. The van der Waals surface area contributed by atoms with Gasteiger partial charge in [0.2, 0.25) is 6.29 Å². The van der Waals surface area contributed by atoms with E-state index in [0.29, 0.717) is 0 Å². The third-order valence-electron chi connectivity index (χ3n) is 3.59. The van der Waals surface area contributed by atoms with Crippen molar-refractivity contribution >= 4 is 5.97 Å². The number of aromatic carboxylic acids is 1. The zero-order chi connectivity index (χ0) is 17.3. The second-order valence-electron chi connectivity index (χ2n) is 5.09. The minimum atomic E-state index is -1.60. The van der Waals surface area contributed by atoms with Crippen LogP contribution in [0.4, 0.5) is 0 Å². The molecule has 0 unspecified atom stereocenters. The Hall–Kier alpha value is -2.07. The second kappa shape index (κ2) is 6.59. The number of hydrogen-bond acceptors (Lipinski definition) is 8. The van der Waals surface area contributed by atoms with Crippen LogP contribution < -0.4 is 9.47 Å². The number of methoxy groups -OCH3 is 1. The first-order valence-corrected chi connectivity index (χ1v) is 6.77. The summed E-state index contributed by atoms with van der Waals surface area (Å²) < 4.78 is 15.3. The molecule has 2 rings (SSSR count). The number of aromatic hydroxyl groups is 1. The fourth-order valence-electron chi connectivity index (χ4n) is 2.26. The lowest BCUT2D eigenvalue weighted by molar-refractivity contribution is -0.268. The Morgan fingerprint density at radius 1 is 1.13 bits per heavy atom. The average molecular weight is 330 g/mol. The molecule has 5 atom stereocenters. The summed E-state index contributed by atoms with van der Waals surface area (Å²) in [5.41, 5.74) is -0.576. The van der Waals surface area contributed by atoms with Crippen molar-refractivity contribution in [3.8, 4) is 17.2 Å². The van der Waals surface area contributed by atoms with Gasteiger partial charge in [0.05, 0.1) is 13.2 Å². The molecule has 1 aliphatic rings. The number of benzene rings is 1. The van der Waals surface area contributed by atoms with Crippen LogP contribution in [0.1, 0.15) is 17.3 Å². The van der Waals surface area contributed by atoms with E-state index in [2.05, 4.69) is 0 Å². The van der Waals surface area contributed by atoms with E-state index in [9.17, 15) is 30.3 Å². The first kappa shape index (κ1) is 17.3. The van der Waals surface area contributed by atoms with Gasteiger partial charge in [-0.05, 0) is 19.1 Å². The van der Waals surface area contributed by atoms with Gasteiger partial charge in [-0.1, -0.05) is 0 Å². The molecular weight excluding hydrogens is 312 g/mol. The Balaban J connectivity index is 2.33. The summed E-state index contributed by atoms with van der Waals surface area (Å²) >= 11 is 0. The predicted octanol–water partition coefficient (Wildman–Crippen LogP) is -0.695. The molecule has 0 radical (unpaired) electrons. The molecule has 23 heavy (non-hydrogen) atoms. The van der Waals surface area contributed by atoms with Crippen molar-refractivity contribution < 1.29 is 44.5 Å². The summed E-state index contributed by atoms with van der Waals surface area (Å²) in [6.07, 6.45) is -6.71. The van der Waals surface area contributed by atoms with Crippen LogP contribution in [0.15, 0.2) is 12.1 Å². The first-order valence-electron chi connectivity index (χ1n) is 6.77. The number of aliphatic hydroxyl groups excluding tert-OH is 3. The van der Waals surface area contributed by atoms with E-state index in [1.54, 1.807) is 0 Å². The van der Waals surface area contributed by atoms with E-state index in [4.69, 9.17) is 14.2 Å². The molecule has 1 fully saturated rings. The fraction of sp³-hybridized carbons (Fsp3) is 0.500. The maximum atomic E-state index is 11.3. The summed E-state index contributed by atoms with van der Waals surface area (Å²) in [5.74, 6) is -2.47. The minimum Gasteiger partial charge on any atom is -0.504 e. The molecule has 1 heterocycles. The highest BCUT2D eigenvalue weighted by molar-refractivity contribution is 5.95. The van der Waals surface area contributed by atoms with Gasteiger partial charge >= 0.3 is 5.97 Å². The largest absolute Gasteiger partial charge is 0.504 e. The van der Waals surface area contributed by atoms with Crippen LogP contribution >= 0.6 is 0 Å². The zero-order valence-electron chi connectivity index (χ0n) is 12.4. The molecule has 0 spiro atoms. The molecule has 1 saturated heterocycles. The van der Waals surface area contributed by atoms with Crippen LogP contribution in [0, 0.1) is 0 Å². The number of carbonyl (C=O) groups is 1. The Labute approximate surface area is 131 Å². The SMILES string of the molecule is COc1ccc(O[C@@H]2O[C@@H](C)[C@H](O)[C@@H](O)[C@H]2O)c(C(=O)O)c1O. The lowest BCUT2D eigenvalue weighted by atomic mass is 10.00. The topological polar surface area (TPSA) is 146 Å². The van der Waals surface area contributed by atoms with Crippen LogP contribution in [-0.4, -0.2) is 69.3 Å². The summed E-state index contributed by atoms with van der Waals surface area (Å²) in [6, 6.07) is 2.50. The highest BCUT2D eigenvalue weighted by Gasteiger charge is 2.43. The van der Waals surface area contributed by atoms with Gasteiger partial charge < -0.3 is 39.7 Å². The van der Waals surface area contributed by atoms with Gasteiger partial charge in [-0.15, -0.1) is 0 Å². The molecule has 9 nitrogen and oxygen atoms in total. The minimum absolute atomic E-state index is 0.0660. The molecule has 0 aliphatic carbocycles. The molecule has 0 saturated carbocycles. The van der Waals surface area contributed by atoms with Crippen LogP contribution in [0.3, 0.4) is 0 Å². The second-order valence-corrected chi connectivity index (χ2v) is 5.09. The molecule has 128 valence electrons. The molecule has 1 aromatic carbocycles. The van der Waals surface area contributed by atoms with Crippen LogP contribution in [0.25, 0.3) is 0 Å². The van der Waals surface area contributed by atoms with Crippen LogP contribution in [0.2, 0.25) is 0 Å². The van der Waals surface area contributed by atoms with Gasteiger partial charge in [-0.3, -0.25) is 0 Å². The Morgan fingerprint density at radius 3 is 2.30 bits per heavy atom. The fourth-order valence-corrected chi connectivity index (χ4v) is 2.26. The maximum absolute atomic E-state index is 11.3. The average Bonchev–Trinajstić information content (AvgIpc) is 2.50. The van der Waals surface area contributed by atoms with Gasteiger partial charge in [0.25, 0.3) is 0 Å². The number of aliphatic hydroxyl groups is 3.